The summed E-state index contributed by atoms with van der Waals surface area (Å²) in [5.74, 6) is 0.0841. The minimum Gasteiger partial charge on any atom is -0.507 e. The maximum Gasteiger partial charge on any atom is 0.292 e. The van der Waals surface area contributed by atoms with Gasteiger partial charge in [-0.1, -0.05) is 51.1 Å². The second kappa shape index (κ2) is 8.59. The van der Waals surface area contributed by atoms with Crippen molar-refractivity contribution in [1.29, 1.82) is 0 Å². The van der Waals surface area contributed by atoms with Crippen molar-refractivity contribution >= 4 is 0 Å². The van der Waals surface area contributed by atoms with E-state index in [4.69, 9.17) is 9.57 Å². The van der Waals surface area contributed by atoms with Crippen LogP contribution in [0.5, 0.6) is 5.75 Å². The molecule has 2 N–H and O–H groups in total. The summed E-state index contributed by atoms with van der Waals surface area (Å²) in [4.78, 5) is 18.3. The van der Waals surface area contributed by atoms with Crippen LogP contribution in [0.4, 0.5) is 0 Å². The first-order valence-electron chi connectivity index (χ1n) is 10.2. The molecule has 0 spiro atoms. The Kier molecular flexibility index (Phi) is 6.34. The molecule has 6 heteroatoms. The molecule has 2 aromatic rings. The minimum absolute atomic E-state index is 0.0254. The fourth-order valence-electron chi connectivity index (χ4n) is 4.37. The van der Waals surface area contributed by atoms with E-state index < -0.39 is 17.8 Å². The summed E-state index contributed by atoms with van der Waals surface area (Å²) in [5.41, 5.74) is 1.06. The zero-order valence-corrected chi connectivity index (χ0v) is 17.7. The number of hydrogen-bond acceptors (Lipinski definition) is 5. The van der Waals surface area contributed by atoms with E-state index in [0.29, 0.717) is 5.56 Å². The van der Waals surface area contributed by atoms with Gasteiger partial charge < -0.3 is 19.8 Å². The summed E-state index contributed by atoms with van der Waals surface area (Å²) in [7, 11) is 1.42. The highest BCUT2D eigenvalue weighted by Crippen LogP contribution is 2.44. The molecule has 0 bridgehead atoms. The lowest BCUT2D eigenvalue weighted by molar-refractivity contribution is -0.146. The van der Waals surface area contributed by atoms with E-state index in [1.54, 1.807) is 6.92 Å². The highest BCUT2D eigenvalue weighted by atomic mass is 16.6. The minimum atomic E-state index is -0.588. The molecule has 1 saturated heterocycles. The summed E-state index contributed by atoms with van der Waals surface area (Å²) in [6.45, 7) is 7.82. The van der Waals surface area contributed by atoms with Gasteiger partial charge in [-0.3, -0.25) is 4.79 Å². The van der Waals surface area contributed by atoms with Gasteiger partial charge in [0, 0.05) is 11.5 Å². The highest BCUT2D eigenvalue weighted by molar-refractivity contribution is 5.70. The van der Waals surface area contributed by atoms with Crippen LogP contribution in [0.15, 0.2) is 41.3 Å². The average Bonchev–Trinajstić information content (AvgIpc) is 2.69. The van der Waals surface area contributed by atoms with E-state index in [0.717, 1.165) is 16.7 Å². The number of pyridine rings is 1. The second-order valence-corrected chi connectivity index (χ2v) is 8.30. The third-order valence-corrected chi connectivity index (χ3v) is 6.16. The number of aromatic nitrogens is 1. The van der Waals surface area contributed by atoms with Crippen molar-refractivity contribution in [3.8, 4) is 16.9 Å². The van der Waals surface area contributed by atoms with Crippen LogP contribution in [0.2, 0.25) is 0 Å². The van der Waals surface area contributed by atoms with Gasteiger partial charge in [0.1, 0.15) is 12.9 Å². The van der Waals surface area contributed by atoms with Gasteiger partial charge in [-0.15, -0.1) is 0 Å². The van der Waals surface area contributed by atoms with Crippen LogP contribution in [0.3, 0.4) is 0 Å². The number of ether oxygens (including phenoxy) is 1. The Hall–Kier alpha value is -2.31. The second-order valence-electron chi connectivity index (χ2n) is 8.30. The maximum atomic E-state index is 13.1. The van der Waals surface area contributed by atoms with Crippen molar-refractivity contribution in [2.24, 2.45) is 17.8 Å². The molecule has 158 valence electrons. The predicted molar refractivity (Wildman–Crippen MR) is 112 cm³/mol. The first-order chi connectivity index (χ1) is 13.8. The SMILES string of the molecule is COn1cc(-c2ccccc2)c(O)c([C@@H]2O[C@H]([C@H](C)[C@@H](C)O)[C@@H](C)C[C@H]2C)c1=O. The van der Waals surface area contributed by atoms with Gasteiger partial charge in [0.05, 0.1) is 30.1 Å². The van der Waals surface area contributed by atoms with Gasteiger partial charge in [0.15, 0.2) is 0 Å². The third kappa shape index (κ3) is 4.05. The fraction of sp³-hybridized carbons (Fsp3) is 0.522. The molecule has 29 heavy (non-hydrogen) atoms. The number of aromatic hydroxyl groups is 1. The number of rotatable bonds is 5. The van der Waals surface area contributed by atoms with Gasteiger partial charge >= 0.3 is 0 Å². The van der Waals surface area contributed by atoms with Gasteiger partial charge in [-0.25, -0.2) is 0 Å². The molecule has 0 saturated carbocycles. The van der Waals surface area contributed by atoms with Gasteiger partial charge in [0.25, 0.3) is 5.56 Å². The molecule has 0 aliphatic carbocycles. The van der Waals surface area contributed by atoms with Crippen LogP contribution in [-0.2, 0) is 4.74 Å². The van der Waals surface area contributed by atoms with Crippen molar-refractivity contribution < 1.29 is 19.8 Å². The van der Waals surface area contributed by atoms with E-state index in [2.05, 4.69) is 6.92 Å². The molecule has 6 nitrogen and oxygen atoms in total. The molecule has 1 aliphatic heterocycles. The summed E-state index contributed by atoms with van der Waals surface area (Å²) in [6, 6.07) is 9.38. The first kappa shape index (κ1) is 21.4. The van der Waals surface area contributed by atoms with E-state index >= 15 is 0 Å². The highest BCUT2D eigenvalue weighted by Gasteiger charge is 2.41. The summed E-state index contributed by atoms with van der Waals surface area (Å²) in [6.07, 6.45) is 0.994. The van der Waals surface area contributed by atoms with Crippen molar-refractivity contribution in [2.45, 2.75) is 52.4 Å². The molecule has 1 fully saturated rings. The Bertz CT molecular complexity index is 892. The Labute approximate surface area is 171 Å². The Morgan fingerprint density at radius 2 is 1.83 bits per heavy atom. The maximum absolute atomic E-state index is 13.1. The number of hydrogen-bond donors (Lipinski definition) is 2. The van der Waals surface area contributed by atoms with E-state index in [9.17, 15) is 15.0 Å². The Balaban J connectivity index is 2.12. The Morgan fingerprint density at radius 3 is 2.41 bits per heavy atom. The first-order valence-corrected chi connectivity index (χ1v) is 10.2. The lowest BCUT2D eigenvalue weighted by Gasteiger charge is -2.42. The molecule has 1 aliphatic rings. The average molecular weight is 402 g/mol. The molecular weight excluding hydrogens is 370 g/mol. The molecule has 0 radical (unpaired) electrons. The summed E-state index contributed by atoms with van der Waals surface area (Å²) in [5, 5.41) is 21.2. The molecule has 1 aromatic heterocycles. The van der Waals surface area contributed by atoms with Crippen LogP contribution in [0.1, 0.15) is 45.8 Å². The summed E-state index contributed by atoms with van der Waals surface area (Å²) >= 11 is 0. The van der Waals surface area contributed by atoms with E-state index in [1.165, 1.54) is 13.3 Å². The zero-order chi connectivity index (χ0) is 21.3. The number of nitrogens with zero attached hydrogens (tertiary/aromatic N) is 1. The van der Waals surface area contributed by atoms with Crippen molar-refractivity contribution in [1.82, 2.24) is 4.73 Å². The standard InChI is InChI=1S/C23H31NO5/c1-13-11-14(2)22(29-21(13)15(3)16(4)25)19-20(26)18(12-24(28-5)23(19)27)17-9-7-6-8-10-17/h6-10,12-16,21-22,25-26H,11H2,1-5H3/t13-,14+,15+,16+,21-,22+/m0/s1. The molecule has 3 rings (SSSR count). The van der Waals surface area contributed by atoms with Crippen molar-refractivity contribution in [3.05, 3.63) is 52.4 Å². The molecule has 0 unspecified atom stereocenters. The largest absolute Gasteiger partial charge is 0.507 e. The van der Waals surface area contributed by atoms with Crippen LogP contribution >= 0.6 is 0 Å². The lowest BCUT2D eigenvalue weighted by Crippen LogP contribution is -2.43. The van der Waals surface area contributed by atoms with E-state index in [1.807, 2.05) is 44.2 Å². The molecule has 2 heterocycles. The number of aliphatic hydroxyl groups excluding tert-OH is 1. The molecule has 0 amide bonds. The lowest BCUT2D eigenvalue weighted by atomic mass is 9.78. The number of benzene rings is 1. The van der Waals surface area contributed by atoms with Crippen LogP contribution in [0, 0.1) is 17.8 Å². The molecule has 6 atom stereocenters. The normalized spacial score (nSPS) is 26.7. The van der Waals surface area contributed by atoms with Gasteiger partial charge in [-0.2, -0.15) is 4.73 Å². The van der Waals surface area contributed by atoms with Crippen LogP contribution < -0.4 is 10.4 Å². The quantitative estimate of drug-likeness (QED) is 0.803. The third-order valence-electron chi connectivity index (χ3n) is 6.16. The Morgan fingerprint density at radius 1 is 1.17 bits per heavy atom. The topological polar surface area (TPSA) is 80.9 Å². The predicted octanol–water partition coefficient (Wildman–Crippen LogP) is 3.40. The van der Waals surface area contributed by atoms with Crippen LogP contribution in [-0.4, -0.2) is 34.3 Å². The van der Waals surface area contributed by atoms with Crippen LogP contribution in [0.25, 0.3) is 11.1 Å². The zero-order valence-electron chi connectivity index (χ0n) is 17.7. The summed E-state index contributed by atoms with van der Waals surface area (Å²) < 4.78 is 7.52. The van der Waals surface area contributed by atoms with Crippen molar-refractivity contribution in [2.75, 3.05) is 7.11 Å². The van der Waals surface area contributed by atoms with E-state index in [-0.39, 0.29) is 35.2 Å². The molecular formula is C23H31NO5. The number of aliphatic hydroxyl groups is 1. The van der Waals surface area contributed by atoms with Gasteiger partial charge in [0.2, 0.25) is 0 Å². The van der Waals surface area contributed by atoms with Gasteiger partial charge in [-0.05, 0) is 30.7 Å². The monoisotopic (exact) mass is 401 g/mol. The smallest absolute Gasteiger partial charge is 0.292 e. The fourth-order valence-corrected chi connectivity index (χ4v) is 4.37. The molecule has 1 aromatic carbocycles. The van der Waals surface area contributed by atoms with Crippen molar-refractivity contribution in [3.63, 3.8) is 0 Å².